The molecule has 6 nitrogen and oxygen atoms in total. The van der Waals surface area contributed by atoms with Crippen LogP contribution in [0.4, 0.5) is 17.6 Å². The van der Waals surface area contributed by atoms with Gasteiger partial charge < -0.3 is 14.0 Å². The summed E-state index contributed by atoms with van der Waals surface area (Å²) in [6.07, 6.45) is -1.38. The molecule has 0 aliphatic rings. The second-order valence-electron chi connectivity index (χ2n) is 5.36. The Balaban J connectivity index is 4.49. The van der Waals surface area contributed by atoms with Gasteiger partial charge >= 0.3 is 17.1 Å². The maximum atomic E-state index is 13.2. The Labute approximate surface area is 131 Å². The molecule has 0 heterocycles. The van der Waals surface area contributed by atoms with Crippen LogP contribution >= 0.6 is 0 Å². The summed E-state index contributed by atoms with van der Waals surface area (Å²) in [6, 6.07) is 0. The number of esters is 1. The van der Waals surface area contributed by atoms with E-state index in [1.165, 1.54) is 13.8 Å². The van der Waals surface area contributed by atoms with Gasteiger partial charge in [0.05, 0.1) is 18.8 Å². The highest BCUT2D eigenvalue weighted by atomic mass is 32.2. The third-order valence-corrected chi connectivity index (χ3v) is 3.83. The molecule has 0 aromatic heterocycles. The minimum Gasteiger partial charge on any atom is -0.743 e. The van der Waals surface area contributed by atoms with E-state index in [0.29, 0.717) is 0 Å². The predicted octanol–water partition coefficient (Wildman–Crippen LogP) is 2.29. The normalized spacial score (nSPS) is 13.9. The fourth-order valence-corrected chi connectivity index (χ4v) is 1.84. The molecule has 0 saturated carbocycles. The molecule has 0 saturated heterocycles. The van der Waals surface area contributed by atoms with Crippen LogP contribution in [0.5, 0.6) is 0 Å². The van der Waals surface area contributed by atoms with Crippen molar-refractivity contribution in [1.29, 1.82) is 0 Å². The standard InChI is InChI=1S/C12H20F4O6S/c1-4-9(17)21-7-5-10(2,3)22-8-6-11(13,14)12(15,16)23(18,19)20/h4-8H2,1-3H3,(H,18,19,20)/p-1. The van der Waals surface area contributed by atoms with Crippen molar-refractivity contribution in [2.45, 2.75) is 56.8 Å². The van der Waals surface area contributed by atoms with E-state index >= 15 is 0 Å². The van der Waals surface area contributed by atoms with Crippen molar-refractivity contribution in [3.8, 4) is 0 Å². The molecule has 0 atom stereocenters. The van der Waals surface area contributed by atoms with Crippen LogP contribution < -0.4 is 0 Å². The first-order valence-electron chi connectivity index (χ1n) is 6.67. The third-order valence-electron chi connectivity index (χ3n) is 2.90. The molecule has 0 amide bonds. The topological polar surface area (TPSA) is 92.7 Å². The first-order chi connectivity index (χ1) is 10.2. The Kier molecular flexibility index (Phi) is 7.44. The monoisotopic (exact) mass is 367 g/mol. The summed E-state index contributed by atoms with van der Waals surface area (Å²) in [5.41, 5.74) is -1.07. The quantitative estimate of drug-likeness (QED) is 0.334. The van der Waals surface area contributed by atoms with Gasteiger partial charge in [-0.2, -0.15) is 17.6 Å². The van der Waals surface area contributed by atoms with E-state index in [1.54, 1.807) is 6.92 Å². The highest BCUT2D eigenvalue weighted by molar-refractivity contribution is 7.86. The summed E-state index contributed by atoms with van der Waals surface area (Å²) in [5.74, 6) is -5.52. The van der Waals surface area contributed by atoms with Gasteiger partial charge in [-0.1, -0.05) is 6.92 Å². The van der Waals surface area contributed by atoms with Crippen LogP contribution in [-0.4, -0.2) is 48.9 Å². The van der Waals surface area contributed by atoms with Crippen molar-refractivity contribution in [2.24, 2.45) is 0 Å². The second kappa shape index (κ2) is 7.75. The Bertz CT molecular complexity index is 504. The molecule has 0 aliphatic carbocycles. The summed E-state index contributed by atoms with van der Waals surface area (Å²) >= 11 is 0. The zero-order valence-corrected chi connectivity index (χ0v) is 13.7. The number of alkyl halides is 4. The Morgan fingerprint density at radius 1 is 1.09 bits per heavy atom. The van der Waals surface area contributed by atoms with Crippen molar-refractivity contribution < 1.29 is 44.8 Å². The average Bonchev–Trinajstić information content (AvgIpc) is 2.36. The molecule has 0 aliphatic heterocycles. The van der Waals surface area contributed by atoms with Crippen LogP contribution in [0.2, 0.25) is 0 Å². The number of carbonyl (C=O) groups excluding carboxylic acids is 1. The largest absolute Gasteiger partial charge is 0.743 e. The molecule has 0 unspecified atom stereocenters. The smallest absolute Gasteiger partial charge is 0.396 e. The molecule has 0 aromatic carbocycles. The van der Waals surface area contributed by atoms with Gasteiger partial charge in [0.1, 0.15) is 0 Å². The van der Waals surface area contributed by atoms with Gasteiger partial charge in [-0.15, -0.1) is 0 Å². The summed E-state index contributed by atoms with van der Waals surface area (Å²) < 4.78 is 92.6. The summed E-state index contributed by atoms with van der Waals surface area (Å²) in [5, 5.41) is -5.72. The molecule has 0 bridgehead atoms. The molecular weight excluding hydrogens is 348 g/mol. The Hall–Kier alpha value is -0.940. The van der Waals surface area contributed by atoms with Gasteiger partial charge in [0, 0.05) is 19.3 Å². The lowest BCUT2D eigenvalue weighted by Gasteiger charge is -2.30. The van der Waals surface area contributed by atoms with Crippen molar-refractivity contribution in [1.82, 2.24) is 0 Å². The molecule has 0 aromatic rings. The first-order valence-corrected chi connectivity index (χ1v) is 8.08. The van der Waals surface area contributed by atoms with E-state index in [2.05, 4.69) is 0 Å². The summed E-state index contributed by atoms with van der Waals surface area (Å²) in [7, 11) is -6.50. The molecular formula is C12H19F4O6S-. The lowest BCUT2D eigenvalue weighted by Crippen LogP contribution is -2.47. The van der Waals surface area contributed by atoms with E-state index in [9.17, 15) is 35.3 Å². The number of rotatable bonds is 10. The molecule has 0 radical (unpaired) electrons. The average molecular weight is 367 g/mol. The number of ether oxygens (including phenoxy) is 2. The van der Waals surface area contributed by atoms with Gasteiger partial charge in [-0.05, 0) is 13.8 Å². The highest BCUT2D eigenvalue weighted by Gasteiger charge is 2.61. The molecule has 0 spiro atoms. The van der Waals surface area contributed by atoms with E-state index < -0.39 is 45.9 Å². The van der Waals surface area contributed by atoms with Crippen LogP contribution in [0.3, 0.4) is 0 Å². The molecule has 0 rings (SSSR count). The maximum Gasteiger partial charge on any atom is 0.396 e. The second-order valence-corrected chi connectivity index (χ2v) is 6.78. The SMILES string of the molecule is CCC(=O)OCCC(C)(C)OCCC(F)(F)C(F)(F)S(=O)(=O)[O-]. The van der Waals surface area contributed by atoms with Gasteiger partial charge in [-0.3, -0.25) is 4.79 Å². The van der Waals surface area contributed by atoms with Gasteiger partial charge in [-0.25, -0.2) is 8.42 Å². The molecule has 23 heavy (non-hydrogen) atoms. The maximum absolute atomic E-state index is 13.2. The molecule has 138 valence electrons. The number of hydrogen-bond donors (Lipinski definition) is 0. The van der Waals surface area contributed by atoms with E-state index in [4.69, 9.17) is 9.47 Å². The lowest BCUT2D eigenvalue weighted by atomic mass is 10.1. The van der Waals surface area contributed by atoms with Crippen molar-refractivity contribution >= 4 is 16.1 Å². The Morgan fingerprint density at radius 3 is 2.04 bits per heavy atom. The fraction of sp³-hybridized carbons (Fsp3) is 0.917. The zero-order chi connectivity index (χ0) is 18.5. The fourth-order valence-electron chi connectivity index (χ4n) is 1.37. The van der Waals surface area contributed by atoms with E-state index in [1.807, 2.05) is 0 Å². The molecule has 0 fully saturated rings. The predicted molar refractivity (Wildman–Crippen MR) is 70.1 cm³/mol. The van der Waals surface area contributed by atoms with Crippen LogP contribution in [0.25, 0.3) is 0 Å². The summed E-state index contributed by atoms with van der Waals surface area (Å²) in [4.78, 5) is 10.9. The van der Waals surface area contributed by atoms with Gasteiger partial charge in [0.15, 0.2) is 10.1 Å². The minimum absolute atomic E-state index is 0.0544. The van der Waals surface area contributed by atoms with Gasteiger partial charge in [0.2, 0.25) is 0 Å². The van der Waals surface area contributed by atoms with Gasteiger partial charge in [0.25, 0.3) is 0 Å². The lowest BCUT2D eigenvalue weighted by molar-refractivity contribution is -0.178. The van der Waals surface area contributed by atoms with Crippen molar-refractivity contribution in [2.75, 3.05) is 13.2 Å². The van der Waals surface area contributed by atoms with E-state index in [-0.39, 0.29) is 19.4 Å². The minimum atomic E-state index is -6.50. The summed E-state index contributed by atoms with van der Waals surface area (Å²) in [6.45, 7) is 3.52. The van der Waals surface area contributed by atoms with Crippen LogP contribution in [-0.2, 0) is 24.4 Å². The zero-order valence-electron chi connectivity index (χ0n) is 12.9. The van der Waals surface area contributed by atoms with Crippen molar-refractivity contribution in [3.05, 3.63) is 0 Å². The van der Waals surface area contributed by atoms with Crippen molar-refractivity contribution in [3.63, 3.8) is 0 Å². The molecule has 0 N–H and O–H groups in total. The van der Waals surface area contributed by atoms with Crippen LogP contribution in [0.15, 0.2) is 0 Å². The Morgan fingerprint density at radius 2 is 1.61 bits per heavy atom. The number of hydrogen-bond acceptors (Lipinski definition) is 6. The number of carbonyl (C=O) groups is 1. The van der Waals surface area contributed by atoms with Crippen LogP contribution in [0, 0.1) is 0 Å². The highest BCUT2D eigenvalue weighted by Crippen LogP contribution is 2.40. The number of halogens is 4. The third kappa shape index (κ3) is 6.60. The van der Waals surface area contributed by atoms with Crippen LogP contribution in [0.1, 0.15) is 40.0 Å². The van der Waals surface area contributed by atoms with E-state index in [0.717, 1.165) is 0 Å². The molecule has 11 heteroatoms. The first kappa shape index (κ1) is 22.1.